The summed E-state index contributed by atoms with van der Waals surface area (Å²) in [6, 6.07) is -0.603. The van der Waals surface area contributed by atoms with Crippen molar-refractivity contribution < 1.29 is 14.2 Å². The van der Waals surface area contributed by atoms with Crippen LogP contribution in [-0.4, -0.2) is 66.9 Å². The minimum absolute atomic E-state index is 0.0580. The highest BCUT2D eigenvalue weighted by Crippen LogP contribution is 2.23. The van der Waals surface area contributed by atoms with Gasteiger partial charge in [-0.15, -0.1) is 0 Å². The van der Waals surface area contributed by atoms with Crippen LogP contribution in [0.3, 0.4) is 0 Å². The van der Waals surface area contributed by atoms with Crippen molar-refractivity contribution in [1.82, 2.24) is 4.90 Å². The number of morpholine rings is 1. The molecule has 2 N–H and O–H groups in total. The van der Waals surface area contributed by atoms with Crippen LogP contribution in [0.15, 0.2) is 0 Å². The third-order valence-electron chi connectivity index (χ3n) is 3.81. The van der Waals surface area contributed by atoms with Crippen molar-refractivity contribution in [3.8, 4) is 0 Å². The number of nitrogens with zero attached hydrogens (tertiary/aromatic N) is 2. The predicted molar refractivity (Wildman–Crippen MR) is 62.8 cm³/mol. The second-order valence-corrected chi connectivity index (χ2v) is 5.02. The monoisotopic (exact) mass is 243 g/mol. The highest BCUT2D eigenvalue weighted by atomic mass is 16.6. The molecule has 2 aliphatic rings. The maximum Gasteiger partial charge on any atom is 0.281 e. The first-order chi connectivity index (χ1) is 8.03. The van der Waals surface area contributed by atoms with E-state index in [4.69, 9.17) is 10.5 Å². The molecule has 6 heteroatoms. The SMILES string of the molecule is C[C@@H](C(=O)N1CCOCC1)[N+]1([O-])CC[C@H](N)C1. The molecule has 98 valence electrons. The lowest BCUT2D eigenvalue weighted by atomic mass is 10.2. The van der Waals surface area contributed by atoms with Crippen molar-refractivity contribution >= 4 is 5.91 Å². The third-order valence-corrected chi connectivity index (χ3v) is 3.81. The van der Waals surface area contributed by atoms with Gasteiger partial charge in [-0.25, -0.2) is 0 Å². The number of amides is 1. The van der Waals surface area contributed by atoms with Gasteiger partial charge in [0.15, 0.2) is 6.04 Å². The number of rotatable bonds is 2. The van der Waals surface area contributed by atoms with E-state index in [0.29, 0.717) is 45.8 Å². The van der Waals surface area contributed by atoms with Crippen LogP contribution in [0.1, 0.15) is 13.3 Å². The summed E-state index contributed by atoms with van der Waals surface area (Å²) in [6.45, 7) is 4.86. The van der Waals surface area contributed by atoms with E-state index >= 15 is 0 Å². The second kappa shape index (κ2) is 4.89. The van der Waals surface area contributed by atoms with Crippen LogP contribution in [0, 0.1) is 5.21 Å². The molecule has 1 amide bonds. The minimum Gasteiger partial charge on any atom is -0.632 e. The van der Waals surface area contributed by atoms with E-state index in [1.807, 2.05) is 0 Å². The van der Waals surface area contributed by atoms with Crippen molar-refractivity contribution in [3.63, 3.8) is 0 Å². The molecule has 0 saturated carbocycles. The Labute approximate surface area is 101 Å². The first kappa shape index (κ1) is 12.8. The Morgan fingerprint density at radius 1 is 1.53 bits per heavy atom. The Kier molecular flexibility index (Phi) is 3.67. The van der Waals surface area contributed by atoms with Gasteiger partial charge in [-0.3, -0.25) is 4.79 Å². The van der Waals surface area contributed by atoms with Gasteiger partial charge in [-0.2, -0.15) is 0 Å². The Bertz CT molecular complexity index is 294. The van der Waals surface area contributed by atoms with Crippen molar-refractivity contribution in [2.24, 2.45) is 5.73 Å². The first-order valence-electron chi connectivity index (χ1n) is 6.23. The van der Waals surface area contributed by atoms with Gasteiger partial charge in [0, 0.05) is 19.5 Å². The van der Waals surface area contributed by atoms with Crippen LogP contribution in [-0.2, 0) is 9.53 Å². The summed E-state index contributed by atoms with van der Waals surface area (Å²) in [4.78, 5) is 13.9. The highest BCUT2D eigenvalue weighted by molar-refractivity contribution is 5.80. The molecule has 0 aliphatic carbocycles. The number of nitrogens with two attached hydrogens (primary N) is 1. The van der Waals surface area contributed by atoms with E-state index < -0.39 is 10.7 Å². The largest absolute Gasteiger partial charge is 0.632 e. The maximum absolute atomic E-state index is 12.5. The normalized spacial score (nSPS) is 35.9. The molecule has 3 atom stereocenters. The Hall–Kier alpha value is -0.690. The predicted octanol–water partition coefficient (Wildman–Crippen LogP) is -0.721. The Morgan fingerprint density at radius 2 is 2.18 bits per heavy atom. The minimum atomic E-state index is -0.540. The fraction of sp³-hybridized carbons (Fsp3) is 0.909. The van der Waals surface area contributed by atoms with Gasteiger partial charge in [0.25, 0.3) is 5.91 Å². The zero-order valence-electron chi connectivity index (χ0n) is 10.3. The van der Waals surface area contributed by atoms with E-state index in [1.165, 1.54) is 0 Å². The molecule has 2 aliphatic heterocycles. The molecule has 0 spiro atoms. The molecule has 2 rings (SSSR count). The topological polar surface area (TPSA) is 78.6 Å². The van der Waals surface area contributed by atoms with Crippen molar-refractivity contribution in [3.05, 3.63) is 5.21 Å². The quantitative estimate of drug-likeness (QED) is 0.513. The lowest BCUT2D eigenvalue weighted by Crippen LogP contribution is -2.57. The number of carbonyl (C=O) groups excluding carboxylic acids is 1. The first-order valence-corrected chi connectivity index (χ1v) is 6.23. The third kappa shape index (κ3) is 2.60. The molecular weight excluding hydrogens is 222 g/mol. The maximum atomic E-state index is 12.5. The van der Waals surface area contributed by atoms with Crippen LogP contribution in [0.5, 0.6) is 0 Å². The summed E-state index contributed by atoms with van der Waals surface area (Å²) in [6.07, 6.45) is 0.713. The molecule has 0 aromatic carbocycles. The fourth-order valence-corrected chi connectivity index (χ4v) is 2.56. The van der Waals surface area contributed by atoms with Crippen LogP contribution in [0.2, 0.25) is 0 Å². The second-order valence-electron chi connectivity index (χ2n) is 5.02. The van der Waals surface area contributed by atoms with Gasteiger partial charge >= 0.3 is 0 Å². The summed E-state index contributed by atoms with van der Waals surface area (Å²) in [5.74, 6) is -0.0580. The molecule has 1 unspecified atom stereocenters. The summed E-state index contributed by atoms with van der Waals surface area (Å²) < 4.78 is 4.74. The van der Waals surface area contributed by atoms with E-state index in [-0.39, 0.29) is 11.9 Å². The average Bonchev–Trinajstić information content (AvgIpc) is 2.70. The summed E-state index contributed by atoms with van der Waals surface area (Å²) in [7, 11) is 0. The molecule has 2 fully saturated rings. The van der Waals surface area contributed by atoms with Crippen molar-refractivity contribution in [2.45, 2.75) is 25.4 Å². The average molecular weight is 243 g/mol. The molecule has 0 aromatic heterocycles. The van der Waals surface area contributed by atoms with Gasteiger partial charge in [0.1, 0.15) is 0 Å². The van der Waals surface area contributed by atoms with Crippen molar-refractivity contribution in [2.75, 3.05) is 39.4 Å². The van der Waals surface area contributed by atoms with E-state index in [9.17, 15) is 10.0 Å². The molecule has 6 nitrogen and oxygen atoms in total. The van der Waals surface area contributed by atoms with Crippen LogP contribution >= 0.6 is 0 Å². The standard InChI is InChI=1S/C11H21N3O3/c1-9(14(16)5-2-10(12)8-14)11(15)13-3-6-17-7-4-13/h9-10H,2-8,12H2,1H3/t9-,10-,14?/m0/s1. The molecule has 0 aromatic rings. The van der Waals surface area contributed by atoms with Crippen LogP contribution in [0.4, 0.5) is 0 Å². The number of quaternary nitrogens is 1. The molecule has 2 saturated heterocycles. The summed E-state index contributed by atoms with van der Waals surface area (Å²) >= 11 is 0. The van der Waals surface area contributed by atoms with Crippen LogP contribution < -0.4 is 5.73 Å². The number of hydroxylamine groups is 3. The number of likely N-dealkylation sites (tertiary alicyclic amines) is 1. The highest BCUT2D eigenvalue weighted by Gasteiger charge is 2.39. The zero-order chi connectivity index (χ0) is 12.5. The zero-order valence-corrected chi connectivity index (χ0v) is 10.3. The number of ether oxygens (including phenoxy) is 1. The van der Waals surface area contributed by atoms with Crippen molar-refractivity contribution in [1.29, 1.82) is 0 Å². The molecule has 17 heavy (non-hydrogen) atoms. The fourth-order valence-electron chi connectivity index (χ4n) is 2.56. The lowest BCUT2D eigenvalue weighted by Gasteiger charge is -2.45. The molecule has 0 radical (unpaired) electrons. The number of hydrogen-bond donors (Lipinski definition) is 1. The smallest absolute Gasteiger partial charge is 0.281 e. The lowest BCUT2D eigenvalue weighted by molar-refractivity contribution is -0.883. The summed E-state index contributed by atoms with van der Waals surface area (Å²) in [5.41, 5.74) is 5.77. The van der Waals surface area contributed by atoms with Crippen LogP contribution in [0.25, 0.3) is 0 Å². The molecular formula is C11H21N3O3. The van der Waals surface area contributed by atoms with Gasteiger partial charge in [-0.05, 0) is 6.92 Å². The number of carbonyl (C=O) groups is 1. The van der Waals surface area contributed by atoms with Gasteiger partial charge < -0.3 is 25.2 Å². The van der Waals surface area contributed by atoms with E-state index in [1.54, 1.807) is 11.8 Å². The number of hydrogen-bond acceptors (Lipinski definition) is 4. The van der Waals surface area contributed by atoms with Gasteiger partial charge in [0.05, 0.1) is 32.3 Å². The Balaban J connectivity index is 1.98. The molecule has 2 heterocycles. The van der Waals surface area contributed by atoms with E-state index in [0.717, 1.165) is 0 Å². The van der Waals surface area contributed by atoms with E-state index in [2.05, 4.69) is 0 Å². The van der Waals surface area contributed by atoms with Gasteiger partial charge in [-0.1, -0.05) is 0 Å². The van der Waals surface area contributed by atoms with Gasteiger partial charge in [0.2, 0.25) is 0 Å². The molecule has 0 bridgehead atoms. The summed E-state index contributed by atoms with van der Waals surface area (Å²) in [5, 5.41) is 12.5. The Morgan fingerprint density at radius 3 is 2.71 bits per heavy atom.